The standard InChI is InChI=1S/C74H134N8O35/c1-48(2)113-44-53-39-82(38-52(40-83)114-53)61(94)13-11-9-7-6-8-10-12-60(93)81-74(45-107-20-14-57(90)75-17-23-101-26-29-104-32-35-110-71-62(78-49(3)87)68(98)65(95)54(41-84)115-71,46-108-21-15-58(91)76-18-24-102-27-30-105-33-36-111-72-63(79-50(4)88)69(99)66(96)55(42-85)116-72)47-109-22-16-59(92)77-19-25-103-28-31-106-34-37-112-73-64(80-51(5)89)70(100)67(97)56(43-86)117-73/h48,52-56,62-73,83-86,95-100H,6-47H2,1-5H3,(H,75,90)(H,76,91)(H,77,92)(H,78,87)(H,79,88)(H,80,89)(H,81,93)/t52-,53-,54?,55?,56?,62?,63?,64?,65?,66?,67?,68?,69?,70?,71?,72?,73?,74?/m0/s1. The molecule has 0 radical (unpaired) electrons. The lowest BCUT2D eigenvalue weighted by atomic mass is 9.97. The maximum Gasteiger partial charge on any atom is 0.222 e. The molecule has 8 amide bonds. The number of carbonyl (C=O) groups excluding carboxylic acids is 8. The minimum absolute atomic E-state index is 0.0183. The van der Waals surface area contributed by atoms with E-state index in [-0.39, 0.29) is 232 Å². The third-order valence-corrected chi connectivity index (χ3v) is 18.5. The van der Waals surface area contributed by atoms with Gasteiger partial charge in [-0.2, -0.15) is 0 Å². The predicted molar refractivity (Wildman–Crippen MR) is 405 cm³/mol. The largest absolute Gasteiger partial charge is 0.394 e. The fourth-order valence-electron chi connectivity index (χ4n) is 12.5. The van der Waals surface area contributed by atoms with Gasteiger partial charge in [-0.05, 0) is 26.7 Å². The number of hydrogen-bond donors (Lipinski definition) is 17. The van der Waals surface area contributed by atoms with E-state index in [4.69, 9.17) is 80.5 Å². The number of amides is 8. The quantitative estimate of drug-likeness (QED) is 0.0252. The number of carbonyl (C=O) groups is 8. The van der Waals surface area contributed by atoms with Crippen LogP contribution in [0.5, 0.6) is 0 Å². The van der Waals surface area contributed by atoms with Gasteiger partial charge in [0, 0.05) is 85.6 Å². The fraction of sp³-hybridized carbons (Fsp3) is 0.892. The molecule has 0 aliphatic carbocycles. The summed E-state index contributed by atoms with van der Waals surface area (Å²) in [5.74, 6) is -3.07. The Morgan fingerprint density at radius 3 is 1.03 bits per heavy atom. The number of hydrogen-bond acceptors (Lipinski definition) is 35. The van der Waals surface area contributed by atoms with E-state index in [9.17, 15) is 89.4 Å². The van der Waals surface area contributed by atoms with Gasteiger partial charge in [-0.25, -0.2) is 0 Å². The van der Waals surface area contributed by atoms with Crippen molar-refractivity contribution in [3.8, 4) is 0 Å². The molecule has 17 N–H and O–H groups in total. The molecule has 0 aromatic carbocycles. The fourth-order valence-corrected chi connectivity index (χ4v) is 12.5. The molecule has 680 valence electrons. The van der Waals surface area contributed by atoms with E-state index in [1.165, 1.54) is 20.8 Å². The van der Waals surface area contributed by atoms with Crippen molar-refractivity contribution >= 4 is 47.3 Å². The summed E-state index contributed by atoms with van der Waals surface area (Å²) >= 11 is 0. The molecular formula is C74H134N8O35. The highest BCUT2D eigenvalue weighted by Gasteiger charge is 2.48. The van der Waals surface area contributed by atoms with Crippen LogP contribution in [0, 0.1) is 0 Å². The average molecular weight is 1700 g/mol. The van der Waals surface area contributed by atoms with Crippen LogP contribution in [0.3, 0.4) is 0 Å². The molecule has 17 atom stereocenters. The first-order valence-corrected chi connectivity index (χ1v) is 40.2. The van der Waals surface area contributed by atoms with Gasteiger partial charge in [-0.15, -0.1) is 0 Å². The first-order chi connectivity index (χ1) is 56.2. The molecule has 4 rings (SSSR count). The van der Waals surface area contributed by atoms with Gasteiger partial charge >= 0.3 is 0 Å². The van der Waals surface area contributed by atoms with Crippen molar-refractivity contribution in [3.05, 3.63) is 0 Å². The first kappa shape index (κ1) is 104. The molecule has 4 fully saturated rings. The molecule has 15 unspecified atom stereocenters. The molecule has 117 heavy (non-hydrogen) atoms. The normalized spacial score (nSPS) is 25.9. The number of morpholine rings is 1. The van der Waals surface area contributed by atoms with E-state index >= 15 is 0 Å². The summed E-state index contributed by atoms with van der Waals surface area (Å²) in [6.45, 7) is 6.88. The lowest BCUT2D eigenvalue weighted by Gasteiger charge is -2.42. The summed E-state index contributed by atoms with van der Waals surface area (Å²) in [5.41, 5.74) is -1.44. The van der Waals surface area contributed by atoms with Gasteiger partial charge in [0.25, 0.3) is 0 Å². The second-order valence-corrected chi connectivity index (χ2v) is 28.7. The summed E-state index contributed by atoms with van der Waals surface area (Å²) < 4.78 is 96.9. The molecule has 0 aromatic rings. The highest BCUT2D eigenvalue weighted by atomic mass is 16.7. The average Bonchev–Trinajstić information content (AvgIpc) is 0.817. The van der Waals surface area contributed by atoms with Crippen LogP contribution in [0.4, 0.5) is 0 Å². The number of ether oxygens (including phenoxy) is 17. The van der Waals surface area contributed by atoms with E-state index in [0.29, 0.717) is 45.4 Å². The van der Waals surface area contributed by atoms with Crippen LogP contribution < -0.4 is 37.2 Å². The van der Waals surface area contributed by atoms with Gasteiger partial charge < -0.3 is 174 Å². The Bertz CT molecular complexity index is 2530. The number of aliphatic hydroxyl groups excluding tert-OH is 10. The van der Waals surface area contributed by atoms with E-state index in [1.807, 2.05) is 13.8 Å². The van der Waals surface area contributed by atoms with Gasteiger partial charge in [-0.1, -0.05) is 25.7 Å². The van der Waals surface area contributed by atoms with Crippen molar-refractivity contribution in [2.24, 2.45) is 0 Å². The van der Waals surface area contributed by atoms with Crippen LogP contribution in [0.1, 0.15) is 105 Å². The summed E-state index contributed by atoms with van der Waals surface area (Å²) in [5, 5.41) is 120. The smallest absolute Gasteiger partial charge is 0.222 e. The molecule has 0 saturated carbocycles. The van der Waals surface area contributed by atoms with Gasteiger partial charge in [0.2, 0.25) is 47.3 Å². The van der Waals surface area contributed by atoms with Crippen LogP contribution in [-0.2, 0) is 119 Å². The SMILES string of the molecule is CC(=O)NC1C(OCCOCCOCCNC(=O)CCOCC(COCCC(=O)NCCOCCOCCOC2OC(CO)C(O)C(O)C2NC(C)=O)(COCCC(=O)NCCOCCOCCOC2OC(CO)C(O)C(O)C2NC(C)=O)NC(=O)CCCCCCCCC(=O)N2C[C@@H](CO)O[C@H](COC(C)C)C2)OC(CO)C(O)C1O. The van der Waals surface area contributed by atoms with Gasteiger partial charge in [0.05, 0.1) is 190 Å². The van der Waals surface area contributed by atoms with Crippen LogP contribution in [0.2, 0.25) is 0 Å². The Morgan fingerprint density at radius 1 is 0.376 bits per heavy atom. The zero-order valence-electron chi connectivity index (χ0n) is 68.2. The molecule has 43 heteroatoms. The molecule has 0 spiro atoms. The molecule has 0 aromatic heterocycles. The second kappa shape index (κ2) is 61.0. The monoisotopic (exact) mass is 1690 g/mol. The number of aliphatic hydroxyl groups is 10. The summed E-state index contributed by atoms with van der Waals surface area (Å²) in [6, 6.07) is -3.32. The number of nitrogens with zero attached hydrogens (tertiary/aromatic N) is 1. The highest BCUT2D eigenvalue weighted by Crippen LogP contribution is 2.26. The van der Waals surface area contributed by atoms with Crippen molar-refractivity contribution in [2.45, 2.75) is 221 Å². The summed E-state index contributed by atoms with van der Waals surface area (Å²) in [7, 11) is 0. The molecule has 4 heterocycles. The lowest BCUT2D eigenvalue weighted by Crippen LogP contribution is -2.64. The first-order valence-electron chi connectivity index (χ1n) is 40.2. The number of unbranched alkanes of at least 4 members (excludes halogenated alkanes) is 5. The maximum atomic E-state index is 14.0. The Balaban J connectivity index is 1.30. The molecule has 4 aliphatic heterocycles. The van der Waals surface area contributed by atoms with E-state index in [0.717, 1.165) is 19.3 Å². The molecule has 43 nitrogen and oxygen atoms in total. The second-order valence-electron chi connectivity index (χ2n) is 28.7. The van der Waals surface area contributed by atoms with Crippen molar-refractivity contribution < 1.29 is 170 Å². The van der Waals surface area contributed by atoms with Gasteiger partial charge in [0.15, 0.2) is 18.9 Å². The lowest BCUT2D eigenvalue weighted by molar-refractivity contribution is -0.272. The summed E-state index contributed by atoms with van der Waals surface area (Å²) in [4.78, 5) is 103. The van der Waals surface area contributed by atoms with Crippen LogP contribution in [0.15, 0.2) is 0 Å². The van der Waals surface area contributed by atoms with Gasteiger partial charge in [-0.3, -0.25) is 38.4 Å². The highest BCUT2D eigenvalue weighted by molar-refractivity contribution is 5.78. The Kier molecular flexibility index (Phi) is 54.3. The maximum absolute atomic E-state index is 14.0. The minimum atomic E-state index is -1.47. The van der Waals surface area contributed by atoms with Crippen molar-refractivity contribution in [3.63, 3.8) is 0 Å². The van der Waals surface area contributed by atoms with Crippen molar-refractivity contribution in [2.75, 3.05) is 205 Å². The zero-order chi connectivity index (χ0) is 85.8. The van der Waals surface area contributed by atoms with Crippen molar-refractivity contribution in [1.29, 1.82) is 0 Å². The van der Waals surface area contributed by atoms with Crippen LogP contribution in [0.25, 0.3) is 0 Å². The number of rotatable bonds is 65. The van der Waals surface area contributed by atoms with E-state index < -0.39 is 141 Å². The van der Waals surface area contributed by atoms with E-state index in [1.54, 1.807) is 4.90 Å². The van der Waals surface area contributed by atoms with Crippen molar-refractivity contribution in [1.82, 2.24) is 42.1 Å². The Hall–Kier alpha value is -5.32. The molecule has 0 bridgehead atoms. The Morgan fingerprint density at radius 2 is 0.701 bits per heavy atom. The third kappa shape index (κ3) is 42.8. The minimum Gasteiger partial charge on any atom is -0.394 e. The zero-order valence-corrected chi connectivity index (χ0v) is 68.2. The van der Waals surface area contributed by atoms with E-state index in [2.05, 4.69) is 37.2 Å². The third-order valence-electron chi connectivity index (χ3n) is 18.5. The van der Waals surface area contributed by atoms with Gasteiger partial charge in [0.1, 0.15) is 78.6 Å². The van der Waals surface area contributed by atoms with Crippen LogP contribution in [-0.4, -0.2) is 424 Å². The molecular weight excluding hydrogens is 1560 g/mol. The molecule has 4 aliphatic rings. The molecule has 4 saturated heterocycles. The topological polar surface area (TPSA) is 583 Å². The Labute approximate surface area is 682 Å². The number of nitrogens with one attached hydrogen (secondary N) is 7. The summed E-state index contributed by atoms with van der Waals surface area (Å²) in [6.07, 6.45) is -12.4. The van der Waals surface area contributed by atoms with Crippen LogP contribution >= 0.6 is 0 Å². The predicted octanol–water partition coefficient (Wildman–Crippen LogP) is -7.48.